The molecule has 2 aromatic carbocycles. The molecule has 0 amide bonds. The van der Waals surface area contributed by atoms with Crippen LogP contribution in [0.4, 0.5) is 0 Å². The number of ketones is 2. The predicted octanol–water partition coefficient (Wildman–Crippen LogP) is 6.01. The Morgan fingerprint density at radius 2 is 0.941 bits per heavy atom. The lowest BCUT2D eigenvalue weighted by molar-refractivity contribution is 0.0276. The molecule has 0 aromatic heterocycles. The van der Waals surface area contributed by atoms with Gasteiger partial charge in [-0.2, -0.15) is 0 Å². The van der Waals surface area contributed by atoms with Crippen LogP contribution < -0.4 is 0 Å². The molecule has 0 N–H and O–H groups in total. The van der Waals surface area contributed by atoms with Gasteiger partial charge in [-0.3, -0.25) is 9.59 Å². The average molecular weight is 506 g/mol. The molecule has 1 aliphatic carbocycles. The van der Waals surface area contributed by atoms with Crippen LogP contribution in [-0.2, 0) is 52.9 Å². The van der Waals surface area contributed by atoms with Gasteiger partial charge >= 0.3 is 16.5 Å². The molecule has 0 bridgehead atoms. The Labute approximate surface area is 200 Å². The summed E-state index contributed by atoms with van der Waals surface area (Å²) in [7, 11) is -4.37. The first-order valence-corrected chi connectivity index (χ1v) is 13.4. The first-order chi connectivity index (χ1) is 16.4. The number of hydrogen-bond acceptors (Lipinski definition) is 8. The highest BCUT2D eigenvalue weighted by Crippen LogP contribution is 2.37. The maximum Gasteiger partial charge on any atom is 0.702 e. The SMILES string of the molecule is CCc1c(CC)c(CC)c2c(c1CC)C(=O)c1ccccc1C2=O.O=[P+]1OCO[P+](=O)OCO1. The van der Waals surface area contributed by atoms with Crippen molar-refractivity contribution in [2.24, 2.45) is 0 Å². The van der Waals surface area contributed by atoms with E-state index in [1.807, 2.05) is 12.1 Å². The summed E-state index contributed by atoms with van der Waals surface area (Å²) in [4.78, 5) is 26.4. The van der Waals surface area contributed by atoms with Crippen molar-refractivity contribution in [1.82, 2.24) is 0 Å². The first-order valence-electron chi connectivity index (χ1n) is 11.2. The van der Waals surface area contributed by atoms with Gasteiger partial charge in [-0.15, -0.1) is 0 Å². The van der Waals surface area contributed by atoms with Gasteiger partial charge < -0.3 is 0 Å². The summed E-state index contributed by atoms with van der Waals surface area (Å²) in [6.45, 7) is 7.76. The highest BCUT2D eigenvalue weighted by molar-refractivity contribution is 7.34. The fraction of sp³-hybridized carbons (Fsp3) is 0.417. The van der Waals surface area contributed by atoms with Crippen LogP contribution in [0.5, 0.6) is 0 Å². The van der Waals surface area contributed by atoms with Gasteiger partial charge in [0.2, 0.25) is 0 Å². The zero-order valence-electron chi connectivity index (χ0n) is 19.7. The molecular weight excluding hydrogens is 478 g/mol. The van der Waals surface area contributed by atoms with E-state index in [9.17, 15) is 18.7 Å². The van der Waals surface area contributed by atoms with Crippen LogP contribution in [0.1, 0.15) is 81.8 Å². The standard InChI is InChI=1S/C22H24O2.C2H4O6P2/c1-5-13-14(6-2)16(8-4)20-19(15(13)7-3)21(23)17-11-9-10-12-18(17)22(20)24;3-9-5-1-6-10(4)8-2-7-9/h9-12H,5-8H2,1-4H3;1-2H2/q;+2. The lowest BCUT2D eigenvalue weighted by Crippen LogP contribution is -2.26. The molecular formula is C24H28O8P2+2. The van der Waals surface area contributed by atoms with Gasteiger partial charge in [0.1, 0.15) is 0 Å². The Kier molecular flexibility index (Phi) is 9.31. The molecule has 1 aliphatic heterocycles. The Bertz CT molecular complexity index is 1040. The van der Waals surface area contributed by atoms with Crippen LogP contribution >= 0.6 is 16.5 Å². The van der Waals surface area contributed by atoms with Gasteiger partial charge in [-0.25, -0.2) is 0 Å². The number of hydrogen-bond donors (Lipinski definition) is 0. The van der Waals surface area contributed by atoms with Crippen LogP contribution in [0.3, 0.4) is 0 Å². The summed E-state index contributed by atoms with van der Waals surface area (Å²) in [5.74, 6) is 0.0354. The molecule has 0 radical (unpaired) electrons. The Morgan fingerprint density at radius 3 is 1.24 bits per heavy atom. The minimum Gasteiger partial charge on any atom is -0.289 e. The van der Waals surface area contributed by atoms with E-state index in [0.717, 1.165) is 36.8 Å². The molecule has 0 atom stereocenters. The van der Waals surface area contributed by atoms with Crippen molar-refractivity contribution in [2.45, 2.75) is 53.4 Å². The maximum atomic E-state index is 13.2. The van der Waals surface area contributed by atoms with Crippen molar-refractivity contribution in [1.29, 1.82) is 0 Å². The zero-order chi connectivity index (χ0) is 24.8. The van der Waals surface area contributed by atoms with Crippen molar-refractivity contribution in [3.05, 3.63) is 68.8 Å². The van der Waals surface area contributed by atoms with Crippen LogP contribution in [0.2, 0.25) is 0 Å². The molecule has 2 aromatic rings. The third-order valence-corrected chi connectivity index (χ3v) is 7.13. The molecule has 2 aliphatic rings. The molecule has 1 heterocycles. The van der Waals surface area contributed by atoms with Gasteiger partial charge in [0, 0.05) is 31.4 Å². The van der Waals surface area contributed by atoms with Crippen LogP contribution in [0.15, 0.2) is 24.3 Å². The van der Waals surface area contributed by atoms with E-state index in [1.165, 1.54) is 11.1 Å². The minimum absolute atomic E-state index is 0.0177. The quantitative estimate of drug-likeness (QED) is 0.396. The molecule has 34 heavy (non-hydrogen) atoms. The Hall–Kier alpha value is -2.18. The average Bonchev–Trinajstić information content (AvgIpc) is 2.84. The smallest absolute Gasteiger partial charge is 0.289 e. The Balaban J connectivity index is 0.000000271. The number of carbonyl (C=O) groups is 2. The Morgan fingerprint density at radius 1 is 0.618 bits per heavy atom. The van der Waals surface area contributed by atoms with Crippen LogP contribution in [0.25, 0.3) is 0 Å². The zero-order valence-corrected chi connectivity index (χ0v) is 21.5. The van der Waals surface area contributed by atoms with Gasteiger partial charge in [0.15, 0.2) is 11.6 Å². The number of fused-ring (bicyclic) bond motifs is 2. The summed E-state index contributed by atoms with van der Waals surface area (Å²) >= 11 is 0. The van der Waals surface area contributed by atoms with Crippen molar-refractivity contribution < 1.29 is 36.8 Å². The largest absolute Gasteiger partial charge is 0.702 e. The third kappa shape index (κ3) is 5.23. The second-order valence-corrected chi connectivity index (χ2v) is 9.41. The van der Waals surface area contributed by atoms with Gasteiger partial charge in [-0.05, 0) is 47.9 Å². The number of rotatable bonds is 4. The summed E-state index contributed by atoms with van der Waals surface area (Å²) in [6.07, 6.45) is 3.36. The van der Waals surface area contributed by atoms with Crippen molar-refractivity contribution in [3.8, 4) is 0 Å². The summed E-state index contributed by atoms with van der Waals surface area (Å²) in [5.41, 5.74) is 7.16. The molecule has 0 saturated carbocycles. The minimum atomic E-state index is -2.18. The monoisotopic (exact) mass is 506 g/mol. The maximum absolute atomic E-state index is 13.2. The van der Waals surface area contributed by atoms with Gasteiger partial charge in [-0.1, -0.05) is 70.1 Å². The highest BCUT2D eigenvalue weighted by Gasteiger charge is 2.35. The van der Waals surface area contributed by atoms with Gasteiger partial charge in [0.05, 0.1) is 0 Å². The van der Waals surface area contributed by atoms with Crippen LogP contribution in [-0.4, -0.2) is 25.2 Å². The van der Waals surface area contributed by atoms with E-state index in [0.29, 0.717) is 22.3 Å². The van der Waals surface area contributed by atoms with E-state index >= 15 is 0 Å². The molecule has 0 spiro atoms. The summed E-state index contributed by atoms with van der Waals surface area (Å²) in [6, 6.07) is 7.23. The fourth-order valence-corrected chi connectivity index (χ4v) is 5.42. The summed E-state index contributed by atoms with van der Waals surface area (Å²) < 4.78 is 38.2. The summed E-state index contributed by atoms with van der Waals surface area (Å²) in [5, 5.41) is 0. The molecule has 10 heteroatoms. The molecule has 180 valence electrons. The predicted molar refractivity (Wildman–Crippen MR) is 127 cm³/mol. The highest BCUT2D eigenvalue weighted by atomic mass is 31.1. The third-order valence-electron chi connectivity index (χ3n) is 5.86. The lowest BCUT2D eigenvalue weighted by atomic mass is 9.74. The van der Waals surface area contributed by atoms with E-state index in [-0.39, 0.29) is 25.2 Å². The second-order valence-electron chi connectivity index (χ2n) is 7.48. The first kappa shape index (κ1) is 26.4. The molecule has 1 saturated heterocycles. The van der Waals surface area contributed by atoms with Crippen LogP contribution in [0, 0.1) is 0 Å². The van der Waals surface area contributed by atoms with E-state index in [4.69, 9.17) is 0 Å². The van der Waals surface area contributed by atoms with Crippen molar-refractivity contribution >= 4 is 28.1 Å². The molecule has 1 fully saturated rings. The van der Waals surface area contributed by atoms with E-state index < -0.39 is 16.5 Å². The van der Waals surface area contributed by atoms with E-state index in [2.05, 4.69) is 45.8 Å². The topological polar surface area (TPSA) is 105 Å². The van der Waals surface area contributed by atoms with Crippen molar-refractivity contribution in [2.75, 3.05) is 13.6 Å². The van der Waals surface area contributed by atoms with Gasteiger partial charge in [0.25, 0.3) is 13.6 Å². The normalized spacial score (nSPS) is 17.8. The number of benzene rings is 2. The fourth-order valence-electron chi connectivity index (χ4n) is 4.55. The number of carbonyl (C=O) groups excluding carboxylic acids is 2. The molecule has 4 rings (SSSR count). The molecule has 0 unspecified atom stereocenters. The van der Waals surface area contributed by atoms with E-state index in [1.54, 1.807) is 12.1 Å². The molecule has 8 nitrogen and oxygen atoms in total. The second kappa shape index (κ2) is 12.0. The van der Waals surface area contributed by atoms with Crippen molar-refractivity contribution in [3.63, 3.8) is 0 Å². The lowest BCUT2D eigenvalue weighted by Gasteiger charge is -2.27.